The Kier molecular flexibility index (Phi) is 4.03. The van der Waals surface area contributed by atoms with E-state index in [1.165, 1.54) is 0 Å². The summed E-state index contributed by atoms with van der Waals surface area (Å²) in [5, 5.41) is 9.76. The molecule has 4 rings (SSSR count). The fraction of sp³-hybridized carbons (Fsp3) is 0. The molecule has 0 aliphatic rings. The minimum Gasteiger partial charge on any atom is -0.356 e. The van der Waals surface area contributed by atoms with Crippen LogP contribution in [-0.2, 0) is 0 Å². The summed E-state index contributed by atoms with van der Waals surface area (Å²) in [4.78, 5) is 14.3. The molecule has 0 saturated heterocycles. The van der Waals surface area contributed by atoms with Gasteiger partial charge in [0.25, 0.3) is 0 Å². The molecule has 2 aromatic heterocycles. The Labute approximate surface area is 144 Å². The lowest BCUT2D eigenvalue weighted by atomic mass is 10.2. The normalized spacial score (nSPS) is 10.4. The number of hydrogen-bond donors (Lipinski definition) is 5. The van der Waals surface area contributed by atoms with E-state index in [1.807, 2.05) is 48.5 Å². The van der Waals surface area contributed by atoms with E-state index in [4.69, 9.17) is 0 Å². The molecule has 0 aliphatic carbocycles. The van der Waals surface area contributed by atoms with E-state index in [9.17, 15) is 0 Å². The molecule has 0 amide bonds. The molecule has 0 atom stereocenters. The third-order valence-electron chi connectivity index (χ3n) is 3.58. The highest BCUT2D eigenvalue weighted by Crippen LogP contribution is 2.22. The summed E-state index contributed by atoms with van der Waals surface area (Å²) < 4.78 is 0. The maximum Gasteiger partial charge on any atom is 0.204 e. The van der Waals surface area contributed by atoms with Crippen LogP contribution in [0.2, 0.25) is 0 Å². The number of hydrogen-bond acceptors (Lipinski definition) is 5. The molecule has 5 N–H and O–H groups in total. The summed E-state index contributed by atoms with van der Waals surface area (Å²) in [5.41, 5.74) is 3.96. The van der Waals surface area contributed by atoms with E-state index in [0.717, 1.165) is 34.6 Å². The van der Waals surface area contributed by atoms with Gasteiger partial charge < -0.3 is 25.9 Å². The molecular weight excluding hydrogens is 314 g/mol. The maximum absolute atomic E-state index is 4.14. The predicted octanol–water partition coefficient (Wildman–Crippen LogP) is 4.36. The van der Waals surface area contributed by atoms with E-state index >= 15 is 0 Å². The number of benzene rings is 2. The molecule has 7 heteroatoms. The number of aromatic nitrogens is 4. The van der Waals surface area contributed by atoms with Crippen molar-refractivity contribution in [3.05, 3.63) is 73.3 Å². The first-order chi connectivity index (χ1) is 12.3. The Morgan fingerprint density at radius 2 is 0.880 bits per heavy atom. The highest BCUT2D eigenvalue weighted by molar-refractivity contribution is 5.66. The first-order valence-corrected chi connectivity index (χ1v) is 7.85. The zero-order chi connectivity index (χ0) is 16.9. The summed E-state index contributed by atoms with van der Waals surface area (Å²) >= 11 is 0. The van der Waals surface area contributed by atoms with Crippen molar-refractivity contribution in [2.75, 3.05) is 16.0 Å². The van der Waals surface area contributed by atoms with Gasteiger partial charge in [0.1, 0.15) is 0 Å². The van der Waals surface area contributed by atoms with Crippen LogP contribution in [0.4, 0.5) is 34.6 Å². The van der Waals surface area contributed by atoms with E-state index in [1.54, 1.807) is 24.8 Å². The van der Waals surface area contributed by atoms with Gasteiger partial charge in [0, 0.05) is 47.5 Å². The second-order valence-electron chi connectivity index (χ2n) is 5.41. The molecule has 0 radical (unpaired) electrons. The Morgan fingerprint density at radius 3 is 1.20 bits per heavy atom. The average molecular weight is 331 g/mol. The van der Waals surface area contributed by atoms with Crippen molar-refractivity contribution in [2.24, 2.45) is 0 Å². The minimum atomic E-state index is 0.723. The molecule has 2 heterocycles. The molecule has 0 fully saturated rings. The lowest BCUT2D eigenvalue weighted by Crippen LogP contribution is -1.95. The van der Waals surface area contributed by atoms with Crippen molar-refractivity contribution in [3.63, 3.8) is 0 Å². The van der Waals surface area contributed by atoms with Crippen LogP contribution >= 0.6 is 0 Å². The Morgan fingerprint density at radius 1 is 0.520 bits per heavy atom. The van der Waals surface area contributed by atoms with Crippen molar-refractivity contribution in [2.45, 2.75) is 0 Å². The van der Waals surface area contributed by atoms with Gasteiger partial charge in [-0.2, -0.15) is 0 Å². The van der Waals surface area contributed by atoms with Crippen molar-refractivity contribution in [3.8, 4) is 0 Å². The fourth-order valence-electron chi connectivity index (χ4n) is 2.38. The molecule has 4 aromatic rings. The predicted molar refractivity (Wildman–Crippen MR) is 99.9 cm³/mol. The SMILES string of the molecule is c1c[nH]c(Nc2ccc(Nc3ccc(Nc4ncc[nH]4)cc3)cc2)n1. The Bertz CT molecular complexity index is 817. The maximum atomic E-state index is 4.14. The third kappa shape index (κ3) is 3.78. The lowest BCUT2D eigenvalue weighted by Gasteiger charge is -2.09. The summed E-state index contributed by atoms with van der Waals surface area (Å²) in [6.07, 6.45) is 6.98. The van der Waals surface area contributed by atoms with Gasteiger partial charge in [0.05, 0.1) is 0 Å². The van der Waals surface area contributed by atoms with Gasteiger partial charge in [-0.3, -0.25) is 0 Å². The first kappa shape index (κ1) is 14.8. The highest BCUT2D eigenvalue weighted by atomic mass is 15.1. The number of anilines is 6. The molecule has 2 aromatic carbocycles. The Balaban J connectivity index is 1.38. The molecule has 0 spiro atoms. The first-order valence-electron chi connectivity index (χ1n) is 7.85. The molecular formula is C18H17N7. The van der Waals surface area contributed by atoms with Crippen LogP contribution in [0.5, 0.6) is 0 Å². The van der Waals surface area contributed by atoms with Gasteiger partial charge in [-0.1, -0.05) is 0 Å². The van der Waals surface area contributed by atoms with Crippen LogP contribution in [0, 0.1) is 0 Å². The van der Waals surface area contributed by atoms with Crippen molar-refractivity contribution in [1.82, 2.24) is 19.9 Å². The summed E-state index contributed by atoms with van der Waals surface area (Å²) in [6.45, 7) is 0. The highest BCUT2D eigenvalue weighted by Gasteiger charge is 2.00. The van der Waals surface area contributed by atoms with Crippen molar-refractivity contribution in [1.29, 1.82) is 0 Å². The van der Waals surface area contributed by atoms with Gasteiger partial charge in [0.15, 0.2) is 0 Å². The topological polar surface area (TPSA) is 93.5 Å². The summed E-state index contributed by atoms with van der Waals surface area (Å²) in [6, 6.07) is 16.0. The van der Waals surface area contributed by atoms with Gasteiger partial charge in [-0.05, 0) is 48.5 Å². The van der Waals surface area contributed by atoms with Crippen LogP contribution in [0.25, 0.3) is 0 Å². The van der Waals surface area contributed by atoms with Gasteiger partial charge in [-0.25, -0.2) is 9.97 Å². The monoisotopic (exact) mass is 331 g/mol. The van der Waals surface area contributed by atoms with Crippen LogP contribution in [0.15, 0.2) is 73.3 Å². The minimum absolute atomic E-state index is 0.723. The van der Waals surface area contributed by atoms with E-state index in [2.05, 4.69) is 35.9 Å². The summed E-state index contributed by atoms with van der Waals surface area (Å²) in [7, 11) is 0. The number of rotatable bonds is 6. The van der Waals surface area contributed by atoms with Gasteiger partial charge in [-0.15, -0.1) is 0 Å². The lowest BCUT2D eigenvalue weighted by molar-refractivity contribution is 1.29. The van der Waals surface area contributed by atoms with Crippen LogP contribution in [-0.4, -0.2) is 19.9 Å². The zero-order valence-electron chi connectivity index (χ0n) is 13.3. The molecule has 0 saturated carbocycles. The molecule has 0 bridgehead atoms. The smallest absolute Gasteiger partial charge is 0.204 e. The van der Waals surface area contributed by atoms with Crippen molar-refractivity contribution < 1.29 is 0 Å². The quantitative estimate of drug-likeness (QED) is 0.362. The van der Waals surface area contributed by atoms with E-state index in [0.29, 0.717) is 0 Å². The van der Waals surface area contributed by atoms with Crippen molar-refractivity contribution >= 4 is 34.6 Å². The number of aromatic amines is 2. The number of nitrogens with one attached hydrogen (secondary N) is 5. The van der Waals surface area contributed by atoms with Gasteiger partial charge >= 0.3 is 0 Å². The molecule has 25 heavy (non-hydrogen) atoms. The number of nitrogens with zero attached hydrogens (tertiary/aromatic N) is 2. The average Bonchev–Trinajstić information content (AvgIpc) is 3.33. The van der Waals surface area contributed by atoms with E-state index < -0.39 is 0 Å². The second-order valence-corrected chi connectivity index (χ2v) is 5.41. The third-order valence-corrected chi connectivity index (χ3v) is 3.58. The van der Waals surface area contributed by atoms with E-state index in [-0.39, 0.29) is 0 Å². The fourth-order valence-corrected chi connectivity index (χ4v) is 2.38. The zero-order valence-corrected chi connectivity index (χ0v) is 13.3. The molecule has 124 valence electrons. The standard InChI is InChI=1S/C18H17N7/c1-5-15(24-17-19-9-10-20-17)6-2-13(1)23-14-3-7-16(8-4-14)25-18-21-11-12-22-18/h1-12,23H,(H2,19,20,24)(H2,21,22,25). The molecule has 0 aliphatic heterocycles. The molecule has 0 unspecified atom stereocenters. The number of H-pyrrole nitrogens is 2. The Hall–Kier alpha value is -3.74. The van der Waals surface area contributed by atoms with Crippen LogP contribution < -0.4 is 16.0 Å². The summed E-state index contributed by atoms with van der Waals surface area (Å²) in [5.74, 6) is 1.45. The largest absolute Gasteiger partial charge is 0.356 e. The van der Waals surface area contributed by atoms with Gasteiger partial charge in [0.2, 0.25) is 11.9 Å². The van der Waals surface area contributed by atoms with Crippen LogP contribution in [0.3, 0.4) is 0 Å². The second kappa shape index (κ2) is 6.79. The van der Waals surface area contributed by atoms with Crippen LogP contribution in [0.1, 0.15) is 0 Å². The number of imidazole rings is 2. The molecule has 7 nitrogen and oxygen atoms in total.